The molecule has 0 aliphatic carbocycles. The normalized spacial score (nSPS) is 14.3. The van der Waals surface area contributed by atoms with E-state index < -0.39 is 11.6 Å². The molecule has 0 atom stereocenters. The Morgan fingerprint density at radius 2 is 1.90 bits per heavy atom. The highest BCUT2D eigenvalue weighted by atomic mass is 16.5. The molecule has 160 valence electrons. The van der Waals surface area contributed by atoms with Crippen molar-refractivity contribution >= 4 is 34.1 Å². The maximum absolute atomic E-state index is 13.2. The fraction of sp³-hybridized carbons (Fsp3) is 0.250. The standard InChI is InChI=1S/C24H23NO6/c1-5-29-23(27)21-11-14-10-15(6-8-19(14)30-21)25-22(26)18-13-24(2,3)31-20-9-7-16(28-4)12-17(18)20/h6-13H,5H2,1-4H3,(H,25,26). The molecule has 31 heavy (non-hydrogen) atoms. The monoisotopic (exact) mass is 421 g/mol. The van der Waals surface area contributed by atoms with Crippen LogP contribution in [0.1, 0.15) is 36.9 Å². The Morgan fingerprint density at radius 3 is 2.65 bits per heavy atom. The second-order valence-corrected chi connectivity index (χ2v) is 7.66. The molecule has 0 unspecified atom stereocenters. The smallest absolute Gasteiger partial charge is 0.374 e. The Balaban J connectivity index is 1.63. The van der Waals surface area contributed by atoms with E-state index in [1.165, 1.54) is 0 Å². The number of anilines is 1. The van der Waals surface area contributed by atoms with Crippen LogP contribution in [0.4, 0.5) is 5.69 Å². The lowest BCUT2D eigenvalue weighted by atomic mass is 9.94. The van der Waals surface area contributed by atoms with Gasteiger partial charge in [-0.3, -0.25) is 4.79 Å². The quantitative estimate of drug-likeness (QED) is 0.595. The van der Waals surface area contributed by atoms with Crippen LogP contribution in [0.5, 0.6) is 11.5 Å². The molecule has 2 heterocycles. The number of esters is 1. The Kier molecular flexibility index (Phi) is 5.19. The summed E-state index contributed by atoms with van der Waals surface area (Å²) < 4.78 is 21.8. The molecule has 0 spiro atoms. The van der Waals surface area contributed by atoms with E-state index in [9.17, 15) is 9.59 Å². The van der Waals surface area contributed by atoms with E-state index in [4.69, 9.17) is 18.6 Å². The number of fused-ring (bicyclic) bond motifs is 2. The number of hydrogen-bond donors (Lipinski definition) is 1. The number of carbonyl (C=O) groups is 2. The zero-order valence-electron chi connectivity index (χ0n) is 17.8. The zero-order chi connectivity index (χ0) is 22.2. The molecule has 1 aliphatic rings. The number of furan rings is 1. The molecule has 1 aromatic heterocycles. The van der Waals surface area contributed by atoms with E-state index in [0.29, 0.717) is 39.3 Å². The third-order valence-electron chi connectivity index (χ3n) is 4.84. The second kappa shape index (κ2) is 7.83. The lowest BCUT2D eigenvalue weighted by Crippen LogP contribution is -2.31. The average Bonchev–Trinajstić information content (AvgIpc) is 3.16. The van der Waals surface area contributed by atoms with Gasteiger partial charge in [-0.25, -0.2) is 4.79 Å². The van der Waals surface area contributed by atoms with Crippen LogP contribution in [0.25, 0.3) is 16.5 Å². The number of amides is 1. The fourth-order valence-corrected chi connectivity index (χ4v) is 3.48. The van der Waals surface area contributed by atoms with Gasteiger partial charge in [0.15, 0.2) is 0 Å². The molecule has 0 bridgehead atoms. The Hall–Kier alpha value is -3.74. The summed E-state index contributed by atoms with van der Waals surface area (Å²) in [4.78, 5) is 25.1. The number of rotatable bonds is 5. The van der Waals surface area contributed by atoms with E-state index in [1.54, 1.807) is 62.6 Å². The molecule has 7 nitrogen and oxygen atoms in total. The number of hydrogen-bond acceptors (Lipinski definition) is 6. The molecule has 0 saturated heterocycles. The number of ether oxygens (including phenoxy) is 3. The van der Waals surface area contributed by atoms with Gasteiger partial charge >= 0.3 is 5.97 Å². The van der Waals surface area contributed by atoms with Crippen molar-refractivity contribution in [1.82, 2.24) is 0 Å². The number of carbonyl (C=O) groups excluding carboxylic acids is 2. The predicted octanol–water partition coefficient (Wildman–Crippen LogP) is 4.81. The van der Waals surface area contributed by atoms with E-state index in [0.717, 1.165) is 0 Å². The molecule has 1 amide bonds. The molecule has 1 aliphatic heterocycles. The van der Waals surface area contributed by atoms with Crippen molar-refractivity contribution in [2.45, 2.75) is 26.4 Å². The van der Waals surface area contributed by atoms with Gasteiger partial charge in [0.1, 0.15) is 22.7 Å². The van der Waals surface area contributed by atoms with Crippen LogP contribution in [0.15, 0.2) is 53.0 Å². The van der Waals surface area contributed by atoms with Gasteiger partial charge in [-0.1, -0.05) is 0 Å². The third kappa shape index (κ3) is 4.12. The van der Waals surface area contributed by atoms with E-state index in [1.807, 2.05) is 13.8 Å². The Morgan fingerprint density at radius 1 is 1.10 bits per heavy atom. The zero-order valence-corrected chi connectivity index (χ0v) is 17.8. The Labute approximate surface area is 179 Å². The first kappa shape index (κ1) is 20.5. The molecule has 1 N–H and O–H groups in total. The van der Waals surface area contributed by atoms with Crippen molar-refractivity contribution in [3.63, 3.8) is 0 Å². The van der Waals surface area contributed by atoms with Crippen molar-refractivity contribution < 1.29 is 28.2 Å². The van der Waals surface area contributed by atoms with E-state index in [-0.39, 0.29) is 18.3 Å². The first-order valence-corrected chi connectivity index (χ1v) is 9.92. The highest BCUT2D eigenvalue weighted by Crippen LogP contribution is 2.38. The highest BCUT2D eigenvalue weighted by molar-refractivity contribution is 6.26. The summed E-state index contributed by atoms with van der Waals surface area (Å²) in [7, 11) is 1.57. The van der Waals surface area contributed by atoms with Crippen LogP contribution in [-0.2, 0) is 9.53 Å². The maximum atomic E-state index is 13.2. The van der Waals surface area contributed by atoms with Crippen molar-refractivity contribution in [3.05, 3.63) is 59.9 Å². The van der Waals surface area contributed by atoms with Crippen molar-refractivity contribution in [3.8, 4) is 11.5 Å². The number of benzene rings is 2. The maximum Gasteiger partial charge on any atom is 0.374 e. The van der Waals surface area contributed by atoms with E-state index >= 15 is 0 Å². The molecular weight excluding hydrogens is 398 g/mol. The second-order valence-electron chi connectivity index (χ2n) is 7.66. The van der Waals surface area contributed by atoms with Crippen molar-refractivity contribution in [2.24, 2.45) is 0 Å². The molecule has 2 aromatic carbocycles. The van der Waals surface area contributed by atoms with Gasteiger partial charge < -0.3 is 23.9 Å². The largest absolute Gasteiger partial charge is 0.497 e. The van der Waals surface area contributed by atoms with Gasteiger partial charge in [-0.2, -0.15) is 0 Å². The summed E-state index contributed by atoms with van der Waals surface area (Å²) in [5.41, 5.74) is 1.61. The summed E-state index contributed by atoms with van der Waals surface area (Å²) >= 11 is 0. The summed E-state index contributed by atoms with van der Waals surface area (Å²) in [6, 6.07) is 12.1. The fourth-order valence-electron chi connectivity index (χ4n) is 3.48. The van der Waals surface area contributed by atoms with Crippen LogP contribution in [0.3, 0.4) is 0 Å². The Bertz CT molecular complexity index is 1200. The topological polar surface area (TPSA) is 87.0 Å². The van der Waals surface area contributed by atoms with Gasteiger partial charge in [-0.05, 0) is 69.3 Å². The van der Waals surface area contributed by atoms with Crippen LogP contribution in [0.2, 0.25) is 0 Å². The molecule has 0 fully saturated rings. The summed E-state index contributed by atoms with van der Waals surface area (Å²) in [5.74, 6) is 0.564. The molecule has 7 heteroatoms. The first-order valence-electron chi connectivity index (χ1n) is 9.92. The average molecular weight is 421 g/mol. The predicted molar refractivity (Wildman–Crippen MR) is 116 cm³/mol. The highest BCUT2D eigenvalue weighted by Gasteiger charge is 2.30. The first-order chi connectivity index (χ1) is 14.8. The van der Waals surface area contributed by atoms with Crippen LogP contribution < -0.4 is 14.8 Å². The van der Waals surface area contributed by atoms with Gasteiger partial charge in [0, 0.05) is 16.6 Å². The number of methoxy groups -OCH3 is 1. The van der Waals surface area contributed by atoms with Gasteiger partial charge in [0.05, 0.1) is 19.3 Å². The van der Waals surface area contributed by atoms with Gasteiger partial charge in [0.25, 0.3) is 5.91 Å². The van der Waals surface area contributed by atoms with Crippen molar-refractivity contribution in [2.75, 3.05) is 19.0 Å². The minimum atomic E-state index is -0.642. The lowest BCUT2D eigenvalue weighted by Gasteiger charge is -2.30. The van der Waals surface area contributed by atoms with Gasteiger partial charge in [0.2, 0.25) is 5.76 Å². The van der Waals surface area contributed by atoms with Crippen molar-refractivity contribution in [1.29, 1.82) is 0 Å². The molecular formula is C24H23NO6. The summed E-state index contributed by atoms with van der Waals surface area (Å²) in [5, 5.41) is 3.61. The molecule has 0 saturated carbocycles. The van der Waals surface area contributed by atoms with Crippen LogP contribution >= 0.6 is 0 Å². The molecule has 3 aromatic rings. The molecule has 0 radical (unpaired) electrons. The third-order valence-corrected chi connectivity index (χ3v) is 4.84. The van der Waals surface area contributed by atoms with Gasteiger partial charge in [-0.15, -0.1) is 0 Å². The van der Waals surface area contributed by atoms with Crippen LogP contribution in [-0.4, -0.2) is 31.2 Å². The minimum absolute atomic E-state index is 0.121. The molecule has 4 rings (SSSR count). The minimum Gasteiger partial charge on any atom is -0.497 e. The summed E-state index contributed by atoms with van der Waals surface area (Å²) in [6.07, 6.45) is 1.79. The summed E-state index contributed by atoms with van der Waals surface area (Å²) in [6.45, 7) is 5.77. The number of nitrogens with one attached hydrogen (secondary N) is 1. The van der Waals surface area contributed by atoms with E-state index in [2.05, 4.69) is 5.32 Å². The SMILES string of the molecule is CCOC(=O)c1cc2cc(NC(=O)C3=CC(C)(C)Oc4ccc(OC)cc43)ccc2o1. The lowest BCUT2D eigenvalue weighted by molar-refractivity contribution is -0.111. The van der Waals surface area contributed by atoms with Crippen LogP contribution in [0, 0.1) is 0 Å².